The Morgan fingerprint density at radius 1 is 1.33 bits per heavy atom. The molecule has 2 amide bonds. The van der Waals surface area contributed by atoms with Crippen molar-refractivity contribution in [1.29, 1.82) is 0 Å². The van der Waals surface area contributed by atoms with Crippen molar-refractivity contribution < 1.29 is 23.9 Å². The number of carbonyl (C=O) groups is 2. The molecule has 0 aromatic rings. The second-order valence-corrected chi connectivity index (χ2v) is 5.19. The van der Waals surface area contributed by atoms with Crippen molar-refractivity contribution >= 4 is 12.0 Å². The fourth-order valence-electron chi connectivity index (χ4n) is 1.44. The molecule has 0 unspecified atom stereocenters. The predicted octanol–water partition coefficient (Wildman–Crippen LogP) is 0.300. The van der Waals surface area contributed by atoms with E-state index in [1.807, 2.05) is 0 Å². The second kappa shape index (κ2) is 5.11. The molecule has 1 aliphatic rings. The van der Waals surface area contributed by atoms with E-state index >= 15 is 0 Å². The summed E-state index contributed by atoms with van der Waals surface area (Å²) >= 11 is 0. The third-order valence-electron chi connectivity index (χ3n) is 2.41. The average Bonchev–Trinajstić information content (AvgIpc) is 2.18. The van der Waals surface area contributed by atoms with Crippen molar-refractivity contribution in [3.63, 3.8) is 0 Å². The normalized spacial score (nSPS) is 17.6. The molecule has 0 saturated carbocycles. The molecule has 1 N–H and O–H groups in total. The molecule has 7 nitrogen and oxygen atoms in total. The molecule has 0 aromatic carbocycles. The number of hydroxylamine groups is 2. The minimum atomic E-state index is -1.09. The third kappa shape index (κ3) is 3.33. The van der Waals surface area contributed by atoms with Crippen LogP contribution in [0.2, 0.25) is 0 Å². The number of hydrogen-bond acceptors (Lipinski definition) is 5. The van der Waals surface area contributed by atoms with E-state index in [9.17, 15) is 9.59 Å². The first kappa shape index (κ1) is 14.7. The standard InChI is InChI=1S/C11H20N2O5/c1-10(2,3)18-9(15)12-11(6-17-7-11)8(14)13(4)16-5/h6-7H2,1-5H3,(H,12,15). The molecule has 1 fully saturated rings. The maximum atomic E-state index is 12.0. The summed E-state index contributed by atoms with van der Waals surface area (Å²) in [6, 6.07) is 0. The SMILES string of the molecule is CON(C)C(=O)C1(NC(=O)OC(C)(C)C)COC1. The zero-order chi connectivity index (χ0) is 14.0. The topological polar surface area (TPSA) is 77.1 Å². The van der Waals surface area contributed by atoms with Crippen molar-refractivity contribution in [3.05, 3.63) is 0 Å². The lowest BCUT2D eigenvalue weighted by molar-refractivity contribution is -0.193. The molecule has 1 aliphatic heterocycles. The van der Waals surface area contributed by atoms with Gasteiger partial charge in [-0.15, -0.1) is 0 Å². The molecule has 0 spiro atoms. The number of amides is 2. The Labute approximate surface area is 106 Å². The predicted molar refractivity (Wildman–Crippen MR) is 62.7 cm³/mol. The molecule has 1 heterocycles. The molecule has 1 rings (SSSR count). The molecule has 0 atom stereocenters. The van der Waals surface area contributed by atoms with Gasteiger partial charge in [0.1, 0.15) is 5.60 Å². The second-order valence-electron chi connectivity index (χ2n) is 5.19. The summed E-state index contributed by atoms with van der Waals surface area (Å²) < 4.78 is 10.1. The van der Waals surface area contributed by atoms with Gasteiger partial charge in [-0.2, -0.15) is 0 Å². The first-order valence-corrected chi connectivity index (χ1v) is 5.61. The van der Waals surface area contributed by atoms with Crippen LogP contribution in [0.3, 0.4) is 0 Å². The number of nitrogens with one attached hydrogen (secondary N) is 1. The Balaban J connectivity index is 2.67. The highest BCUT2D eigenvalue weighted by molar-refractivity contribution is 5.90. The molecule has 0 aliphatic carbocycles. The Bertz CT molecular complexity index is 333. The van der Waals surface area contributed by atoms with Gasteiger partial charge < -0.3 is 14.8 Å². The van der Waals surface area contributed by atoms with Crippen molar-refractivity contribution in [1.82, 2.24) is 10.4 Å². The summed E-state index contributed by atoms with van der Waals surface area (Å²) in [5.41, 5.74) is -1.71. The van der Waals surface area contributed by atoms with E-state index < -0.39 is 17.2 Å². The Morgan fingerprint density at radius 2 is 1.89 bits per heavy atom. The average molecular weight is 260 g/mol. The molecule has 7 heteroatoms. The Morgan fingerprint density at radius 3 is 2.22 bits per heavy atom. The number of likely N-dealkylation sites (N-methyl/N-ethyl adjacent to an activating group) is 1. The van der Waals surface area contributed by atoms with Gasteiger partial charge in [0.25, 0.3) is 5.91 Å². The van der Waals surface area contributed by atoms with E-state index in [0.717, 1.165) is 5.06 Å². The Hall–Kier alpha value is -1.34. The van der Waals surface area contributed by atoms with Gasteiger partial charge in [-0.3, -0.25) is 9.63 Å². The number of carbonyl (C=O) groups excluding carboxylic acids is 2. The van der Waals surface area contributed by atoms with Crippen LogP contribution in [-0.4, -0.2) is 55.6 Å². The van der Waals surface area contributed by atoms with Crippen molar-refractivity contribution in [3.8, 4) is 0 Å². The first-order chi connectivity index (χ1) is 8.20. The van der Waals surface area contributed by atoms with E-state index in [2.05, 4.69) is 5.32 Å². The van der Waals surface area contributed by atoms with Crippen LogP contribution < -0.4 is 5.32 Å². The minimum absolute atomic E-state index is 0.110. The fraction of sp³-hybridized carbons (Fsp3) is 0.818. The molecular formula is C11H20N2O5. The third-order valence-corrected chi connectivity index (χ3v) is 2.41. The van der Waals surface area contributed by atoms with Crippen LogP contribution in [0.25, 0.3) is 0 Å². The van der Waals surface area contributed by atoms with Crippen LogP contribution in [0.15, 0.2) is 0 Å². The van der Waals surface area contributed by atoms with Crippen LogP contribution in [0, 0.1) is 0 Å². The number of hydrogen-bond donors (Lipinski definition) is 1. The van der Waals surface area contributed by atoms with E-state index in [4.69, 9.17) is 14.3 Å². The first-order valence-electron chi connectivity index (χ1n) is 5.61. The fourth-order valence-corrected chi connectivity index (χ4v) is 1.44. The zero-order valence-corrected chi connectivity index (χ0v) is 11.4. The monoisotopic (exact) mass is 260 g/mol. The van der Waals surface area contributed by atoms with Crippen molar-refractivity contribution in [2.45, 2.75) is 31.9 Å². The number of ether oxygens (including phenoxy) is 2. The highest BCUT2D eigenvalue weighted by Gasteiger charge is 2.50. The zero-order valence-electron chi connectivity index (χ0n) is 11.4. The molecule has 0 bridgehead atoms. The largest absolute Gasteiger partial charge is 0.444 e. The van der Waals surface area contributed by atoms with Crippen LogP contribution >= 0.6 is 0 Å². The highest BCUT2D eigenvalue weighted by Crippen LogP contribution is 2.20. The molecule has 104 valence electrons. The summed E-state index contributed by atoms with van der Waals surface area (Å²) in [4.78, 5) is 28.5. The molecule has 0 aromatic heterocycles. The van der Waals surface area contributed by atoms with E-state index in [1.165, 1.54) is 14.2 Å². The lowest BCUT2D eigenvalue weighted by Crippen LogP contribution is -2.70. The van der Waals surface area contributed by atoms with Gasteiger partial charge >= 0.3 is 6.09 Å². The summed E-state index contributed by atoms with van der Waals surface area (Å²) in [6.45, 7) is 5.47. The maximum Gasteiger partial charge on any atom is 0.408 e. The number of rotatable bonds is 3. The van der Waals surface area contributed by atoms with Crippen LogP contribution in [-0.2, 0) is 19.1 Å². The van der Waals surface area contributed by atoms with Crippen LogP contribution in [0.5, 0.6) is 0 Å². The van der Waals surface area contributed by atoms with E-state index in [0.29, 0.717) is 0 Å². The molecule has 1 saturated heterocycles. The van der Waals surface area contributed by atoms with E-state index in [-0.39, 0.29) is 19.1 Å². The van der Waals surface area contributed by atoms with Gasteiger partial charge in [0.05, 0.1) is 20.3 Å². The van der Waals surface area contributed by atoms with Gasteiger partial charge in [0.15, 0.2) is 5.54 Å². The lowest BCUT2D eigenvalue weighted by atomic mass is 9.96. The van der Waals surface area contributed by atoms with Crippen LogP contribution in [0.4, 0.5) is 4.79 Å². The van der Waals surface area contributed by atoms with Gasteiger partial charge in [-0.1, -0.05) is 0 Å². The quantitative estimate of drug-likeness (QED) is 0.738. The van der Waals surface area contributed by atoms with Crippen molar-refractivity contribution in [2.24, 2.45) is 0 Å². The summed E-state index contributed by atoms with van der Waals surface area (Å²) in [7, 11) is 2.85. The van der Waals surface area contributed by atoms with Gasteiger partial charge in [0, 0.05) is 7.05 Å². The molecule has 18 heavy (non-hydrogen) atoms. The lowest BCUT2D eigenvalue weighted by Gasteiger charge is -2.41. The summed E-state index contributed by atoms with van der Waals surface area (Å²) in [6.07, 6.45) is -0.649. The van der Waals surface area contributed by atoms with E-state index in [1.54, 1.807) is 20.8 Å². The van der Waals surface area contributed by atoms with Gasteiger partial charge in [-0.25, -0.2) is 9.86 Å². The number of alkyl carbamates (subject to hydrolysis) is 1. The summed E-state index contributed by atoms with van der Waals surface area (Å²) in [5.74, 6) is -0.373. The summed E-state index contributed by atoms with van der Waals surface area (Å²) in [5, 5.41) is 3.60. The maximum absolute atomic E-state index is 12.0. The molecule has 0 radical (unpaired) electrons. The molecular weight excluding hydrogens is 240 g/mol. The Kier molecular flexibility index (Phi) is 4.18. The van der Waals surface area contributed by atoms with Crippen molar-refractivity contribution in [2.75, 3.05) is 27.4 Å². The van der Waals surface area contributed by atoms with Gasteiger partial charge in [0.2, 0.25) is 0 Å². The minimum Gasteiger partial charge on any atom is -0.444 e. The van der Waals surface area contributed by atoms with Gasteiger partial charge in [-0.05, 0) is 20.8 Å². The number of nitrogens with zero attached hydrogens (tertiary/aromatic N) is 1. The van der Waals surface area contributed by atoms with Crippen LogP contribution in [0.1, 0.15) is 20.8 Å². The highest BCUT2D eigenvalue weighted by atomic mass is 16.7. The smallest absolute Gasteiger partial charge is 0.408 e.